The first-order valence-electron chi connectivity index (χ1n) is 3.64. The molecule has 0 saturated heterocycles. The maximum Gasteiger partial charge on any atom is 0.189 e. The lowest BCUT2D eigenvalue weighted by atomic mass is 10.0. The van der Waals surface area contributed by atoms with E-state index in [9.17, 15) is 4.79 Å². The number of hydrogen-bond donors (Lipinski definition) is 0. The summed E-state index contributed by atoms with van der Waals surface area (Å²) in [5.74, 6) is 0.783. The molecule has 2 heteroatoms. The van der Waals surface area contributed by atoms with E-state index in [0.29, 0.717) is 6.61 Å². The van der Waals surface area contributed by atoms with Crippen molar-refractivity contribution < 1.29 is 9.53 Å². The van der Waals surface area contributed by atoms with Gasteiger partial charge in [-0.3, -0.25) is 4.79 Å². The van der Waals surface area contributed by atoms with Crippen LogP contribution in [0.3, 0.4) is 0 Å². The fourth-order valence-corrected chi connectivity index (χ4v) is 1.22. The fraction of sp³-hybridized carbons (Fsp3) is 0.222. The highest BCUT2D eigenvalue weighted by atomic mass is 16.5. The van der Waals surface area contributed by atoms with Gasteiger partial charge in [-0.2, -0.15) is 0 Å². The zero-order valence-electron chi connectivity index (χ0n) is 6.04. The van der Waals surface area contributed by atoms with Crippen molar-refractivity contribution >= 4 is 5.78 Å². The number of fused-ring (bicyclic) bond motifs is 1. The van der Waals surface area contributed by atoms with Gasteiger partial charge in [-0.25, -0.2) is 0 Å². The SMILES string of the molecule is O=C1C=CC=C2OCCC=C12. The topological polar surface area (TPSA) is 26.3 Å². The molecule has 0 radical (unpaired) electrons. The quantitative estimate of drug-likeness (QED) is 0.518. The van der Waals surface area contributed by atoms with E-state index in [-0.39, 0.29) is 5.78 Å². The van der Waals surface area contributed by atoms with Gasteiger partial charge in [-0.05, 0) is 12.2 Å². The molecule has 0 spiro atoms. The number of carbonyl (C=O) groups excluding carboxylic acids is 1. The molecule has 2 rings (SSSR count). The van der Waals surface area contributed by atoms with E-state index in [1.54, 1.807) is 12.2 Å². The van der Waals surface area contributed by atoms with Gasteiger partial charge in [-0.1, -0.05) is 12.2 Å². The Hall–Kier alpha value is -1.31. The highest BCUT2D eigenvalue weighted by molar-refractivity contribution is 6.08. The average Bonchev–Trinajstić information content (AvgIpc) is 2.06. The maximum absolute atomic E-state index is 11.2. The van der Waals surface area contributed by atoms with Crippen molar-refractivity contribution in [1.82, 2.24) is 0 Å². The summed E-state index contributed by atoms with van der Waals surface area (Å²) in [5.41, 5.74) is 0.721. The molecule has 1 aliphatic carbocycles. The van der Waals surface area contributed by atoms with Gasteiger partial charge in [0.2, 0.25) is 0 Å². The van der Waals surface area contributed by atoms with Crippen molar-refractivity contribution in [3.8, 4) is 0 Å². The Morgan fingerprint density at radius 2 is 2.36 bits per heavy atom. The zero-order valence-corrected chi connectivity index (χ0v) is 6.04. The molecular weight excluding hydrogens is 140 g/mol. The van der Waals surface area contributed by atoms with Crippen LogP contribution in [0.15, 0.2) is 35.6 Å². The second-order valence-corrected chi connectivity index (χ2v) is 2.51. The van der Waals surface area contributed by atoms with Gasteiger partial charge < -0.3 is 4.74 Å². The standard InChI is InChI=1S/C9H8O2/c10-8-4-1-5-9-7(8)3-2-6-11-9/h1,3-5H,2,6H2. The molecule has 0 unspecified atom stereocenters. The van der Waals surface area contributed by atoms with Crippen molar-refractivity contribution in [2.24, 2.45) is 0 Å². The second kappa shape index (κ2) is 2.38. The van der Waals surface area contributed by atoms with E-state index in [1.807, 2.05) is 12.2 Å². The molecule has 11 heavy (non-hydrogen) atoms. The van der Waals surface area contributed by atoms with Gasteiger partial charge in [0.1, 0.15) is 5.76 Å². The predicted octanol–water partition coefficient (Wildman–Crippen LogP) is 1.36. The minimum absolute atomic E-state index is 0.0576. The first kappa shape index (κ1) is 6.40. The Morgan fingerprint density at radius 3 is 3.18 bits per heavy atom. The molecule has 0 saturated carbocycles. The van der Waals surface area contributed by atoms with Gasteiger partial charge >= 0.3 is 0 Å². The van der Waals surface area contributed by atoms with Crippen molar-refractivity contribution in [1.29, 1.82) is 0 Å². The van der Waals surface area contributed by atoms with Gasteiger partial charge in [-0.15, -0.1) is 0 Å². The Morgan fingerprint density at radius 1 is 1.45 bits per heavy atom. The van der Waals surface area contributed by atoms with E-state index in [1.165, 1.54) is 0 Å². The van der Waals surface area contributed by atoms with Crippen molar-refractivity contribution in [2.75, 3.05) is 6.61 Å². The summed E-state index contributed by atoms with van der Waals surface area (Å²) in [7, 11) is 0. The molecule has 0 aromatic carbocycles. The van der Waals surface area contributed by atoms with E-state index in [2.05, 4.69) is 0 Å². The number of carbonyl (C=O) groups is 1. The summed E-state index contributed by atoms with van der Waals surface area (Å²) >= 11 is 0. The normalized spacial score (nSPS) is 21.6. The minimum Gasteiger partial charge on any atom is -0.493 e. The van der Waals surface area contributed by atoms with Crippen LogP contribution in [0, 0.1) is 0 Å². The van der Waals surface area contributed by atoms with Gasteiger partial charge in [0.05, 0.1) is 12.2 Å². The average molecular weight is 148 g/mol. The smallest absolute Gasteiger partial charge is 0.189 e. The Labute approximate surface area is 64.9 Å². The van der Waals surface area contributed by atoms with Crippen LogP contribution in [0.25, 0.3) is 0 Å². The molecule has 0 aromatic heterocycles. The summed E-state index contributed by atoms with van der Waals surface area (Å²) < 4.78 is 5.27. The monoisotopic (exact) mass is 148 g/mol. The molecular formula is C9H8O2. The van der Waals surface area contributed by atoms with E-state index in [0.717, 1.165) is 17.8 Å². The lowest BCUT2D eigenvalue weighted by molar-refractivity contribution is -0.111. The third-order valence-corrected chi connectivity index (χ3v) is 1.75. The van der Waals surface area contributed by atoms with Crippen LogP contribution in [0.2, 0.25) is 0 Å². The molecule has 0 bridgehead atoms. The molecule has 0 aromatic rings. The largest absolute Gasteiger partial charge is 0.493 e. The molecule has 0 N–H and O–H groups in total. The Balaban J connectivity index is 2.43. The van der Waals surface area contributed by atoms with Crippen LogP contribution in [0.5, 0.6) is 0 Å². The summed E-state index contributed by atoms with van der Waals surface area (Å²) in [6.07, 6.45) is 7.88. The number of hydrogen-bond acceptors (Lipinski definition) is 2. The van der Waals surface area contributed by atoms with Crippen LogP contribution >= 0.6 is 0 Å². The highest BCUT2D eigenvalue weighted by Gasteiger charge is 2.18. The van der Waals surface area contributed by atoms with Gasteiger partial charge in [0, 0.05) is 6.42 Å². The molecule has 2 nitrogen and oxygen atoms in total. The third-order valence-electron chi connectivity index (χ3n) is 1.75. The van der Waals surface area contributed by atoms with Crippen LogP contribution in [-0.2, 0) is 9.53 Å². The molecule has 1 aliphatic heterocycles. The summed E-state index contributed by atoms with van der Waals surface area (Å²) in [6, 6.07) is 0. The lowest BCUT2D eigenvalue weighted by Gasteiger charge is -2.17. The minimum atomic E-state index is 0.0576. The Bertz CT molecular complexity index is 282. The first-order chi connectivity index (χ1) is 5.38. The van der Waals surface area contributed by atoms with Crippen LogP contribution in [-0.4, -0.2) is 12.4 Å². The zero-order chi connectivity index (χ0) is 7.68. The number of rotatable bonds is 0. The van der Waals surface area contributed by atoms with E-state index >= 15 is 0 Å². The lowest BCUT2D eigenvalue weighted by Crippen LogP contribution is -2.12. The van der Waals surface area contributed by atoms with Crippen LogP contribution in [0.1, 0.15) is 6.42 Å². The number of ether oxygens (including phenoxy) is 1. The van der Waals surface area contributed by atoms with Crippen LogP contribution in [0.4, 0.5) is 0 Å². The van der Waals surface area contributed by atoms with Gasteiger partial charge in [0.25, 0.3) is 0 Å². The summed E-state index contributed by atoms with van der Waals surface area (Å²) in [5, 5.41) is 0. The van der Waals surface area contributed by atoms with Crippen molar-refractivity contribution in [3.63, 3.8) is 0 Å². The fourth-order valence-electron chi connectivity index (χ4n) is 1.22. The first-order valence-corrected chi connectivity index (χ1v) is 3.64. The molecule has 0 fully saturated rings. The molecule has 0 amide bonds. The van der Waals surface area contributed by atoms with Gasteiger partial charge in [0.15, 0.2) is 5.78 Å². The van der Waals surface area contributed by atoms with Crippen molar-refractivity contribution in [3.05, 3.63) is 35.6 Å². The Kier molecular flexibility index (Phi) is 1.39. The van der Waals surface area contributed by atoms with E-state index < -0.39 is 0 Å². The number of ketones is 1. The highest BCUT2D eigenvalue weighted by Crippen LogP contribution is 2.22. The molecule has 2 aliphatic rings. The summed E-state index contributed by atoms with van der Waals surface area (Å²) in [4.78, 5) is 11.2. The maximum atomic E-state index is 11.2. The number of allylic oxidation sites excluding steroid dienone is 4. The third kappa shape index (κ3) is 1.00. The predicted molar refractivity (Wildman–Crippen MR) is 40.9 cm³/mol. The van der Waals surface area contributed by atoms with E-state index in [4.69, 9.17) is 4.74 Å². The van der Waals surface area contributed by atoms with Crippen LogP contribution < -0.4 is 0 Å². The molecule has 56 valence electrons. The second-order valence-electron chi connectivity index (χ2n) is 2.51. The molecule has 0 atom stereocenters. The molecule has 1 heterocycles. The van der Waals surface area contributed by atoms with Crippen molar-refractivity contribution in [2.45, 2.75) is 6.42 Å². The summed E-state index contributed by atoms with van der Waals surface area (Å²) in [6.45, 7) is 0.691.